The van der Waals surface area contributed by atoms with E-state index < -0.39 is 8.07 Å². The van der Waals surface area contributed by atoms with E-state index in [1.54, 1.807) is 5.57 Å². The van der Waals surface area contributed by atoms with Crippen molar-refractivity contribution in [1.82, 2.24) is 4.90 Å². The van der Waals surface area contributed by atoms with Crippen LogP contribution in [-0.2, 0) is 0 Å². The number of hydrogen-bond donors (Lipinski definition) is 0. The maximum Gasteiger partial charge on any atom is 0.121 e. The normalized spacial score (nSPS) is 18.9. The lowest BCUT2D eigenvalue weighted by Crippen LogP contribution is -2.48. The molecule has 1 fully saturated rings. The zero-order chi connectivity index (χ0) is 20.6. The maximum absolute atomic E-state index is 6.20. The minimum atomic E-state index is -1.92. The number of likely N-dealkylation sites (tertiary alicyclic amines) is 1. The zero-order valence-corrected chi connectivity index (χ0v) is 19.3. The quantitative estimate of drug-likeness (QED) is 0.457. The molecule has 0 bridgehead atoms. The number of fused-ring (bicyclic) bond motifs is 1. The SMILES string of the molecule is C=CCOc1c(C)cccc1[Si](C)(C)C1C(C)=C(N2CCCC2)c2ccccc21. The second-order valence-electron chi connectivity index (χ2n) is 9.02. The Morgan fingerprint density at radius 3 is 2.52 bits per heavy atom. The van der Waals surface area contributed by atoms with E-state index in [-0.39, 0.29) is 0 Å². The van der Waals surface area contributed by atoms with Crippen molar-refractivity contribution in [3.05, 3.63) is 77.4 Å². The monoisotopic (exact) mass is 403 g/mol. The van der Waals surface area contributed by atoms with Crippen LogP contribution in [0.1, 0.15) is 42.0 Å². The van der Waals surface area contributed by atoms with Crippen LogP contribution in [-0.4, -0.2) is 32.7 Å². The van der Waals surface area contributed by atoms with E-state index in [4.69, 9.17) is 4.74 Å². The van der Waals surface area contributed by atoms with Gasteiger partial charge in [-0.1, -0.05) is 68.2 Å². The Labute approximate surface area is 176 Å². The number of para-hydroxylation sites is 1. The molecule has 2 aliphatic rings. The van der Waals surface area contributed by atoms with Crippen LogP contribution in [0.2, 0.25) is 13.1 Å². The highest BCUT2D eigenvalue weighted by atomic mass is 28.3. The molecular weight excluding hydrogens is 370 g/mol. The van der Waals surface area contributed by atoms with Gasteiger partial charge in [0.1, 0.15) is 12.4 Å². The molecule has 152 valence electrons. The van der Waals surface area contributed by atoms with Gasteiger partial charge in [-0.2, -0.15) is 0 Å². The summed E-state index contributed by atoms with van der Waals surface area (Å²) < 4.78 is 6.20. The highest BCUT2D eigenvalue weighted by molar-refractivity contribution is 6.92. The molecule has 1 heterocycles. The second-order valence-corrected chi connectivity index (χ2v) is 13.6. The van der Waals surface area contributed by atoms with Gasteiger partial charge in [0.05, 0.1) is 8.07 Å². The number of benzene rings is 2. The first-order chi connectivity index (χ1) is 14.0. The lowest BCUT2D eigenvalue weighted by Gasteiger charge is -2.34. The van der Waals surface area contributed by atoms with Gasteiger partial charge in [0.2, 0.25) is 0 Å². The number of rotatable bonds is 6. The van der Waals surface area contributed by atoms with E-state index in [0.717, 1.165) is 5.75 Å². The molecule has 0 amide bonds. The summed E-state index contributed by atoms with van der Waals surface area (Å²) in [6.45, 7) is 16.3. The van der Waals surface area contributed by atoms with E-state index in [9.17, 15) is 0 Å². The summed E-state index contributed by atoms with van der Waals surface area (Å²) >= 11 is 0. The Hall–Kier alpha value is -2.26. The zero-order valence-electron chi connectivity index (χ0n) is 18.3. The van der Waals surface area contributed by atoms with Gasteiger partial charge in [-0.15, -0.1) is 0 Å². The van der Waals surface area contributed by atoms with Crippen molar-refractivity contribution in [2.75, 3.05) is 19.7 Å². The smallest absolute Gasteiger partial charge is 0.121 e. The van der Waals surface area contributed by atoms with Crippen LogP contribution >= 0.6 is 0 Å². The molecule has 29 heavy (non-hydrogen) atoms. The largest absolute Gasteiger partial charge is 0.489 e. The molecule has 0 saturated carbocycles. The Kier molecular flexibility index (Phi) is 5.43. The Bertz CT molecular complexity index is 953. The minimum absolute atomic E-state index is 0.474. The number of ether oxygens (including phenoxy) is 1. The molecule has 2 nitrogen and oxygen atoms in total. The fourth-order valence-corrected chi connectivity index (χ4v) is 9.43. The molecule has 1 aliphatic carbocycles. The summed E-state index contributed by atoms with van der Waals surface area (Å²) in [7, 11) is -1.92. The van der Waals surface area contributed by atoms with Crippen LogP contribution in [0, 0.1) is 6.92 Å². The van der Waals surface area contributed by atoms with Crippen molar-refractivity contribution in [2.45, 2.75) is 45.3 Å². The molecule has 1 saturated heterocycles. The number of hydrogen-bond acceptors (Lipinski definition) is 2. The highest BCUT2D eigenvalue weighted by Gasteiger charge is 2.44. The summed E-state index contributed by atoms with van der Waals surface area (Å²) in [5, 5.41) is 1.42. The van der Waals surface area contributed by atoms with Crippen molar-refractivity contribution >= 4 is 19.0 Å². The molecule has 1 atom stereocenters. The Balaban J connectivity index is 1.85. The number of allylic oxidation sites excluding steroid dienone is 1. The van der Waals surface area contributed by atoms with Crippen LogP contribution in [0.5, 0.6) is 5.75 Å². The van der Waals surface area contributed by atoms with Gasteiger partial charge in [0, 0.05) is 29.9 Å². The third kappa shape index (κ3) is 3.36. The summed E-state index contributed by atoms with van der Waals surface area (Å²) in [5.41, 5.74) is 7.73. The molecule has 1 aliphatic heterocycles. The molecule has 0 aromatic heterocycles. The molecule has 3 heteroatoms. The van der Waals surface area contributed by atoms with Crippen LogP contribution in [0.25, 0.3) is 5.70 Å². The van der Waals surface area contributed by atoms with E-state index >= 15 is 0 Å². The molecular formula is C26H33NOSi. The average Bonchev–Trinajstić information content (AvgIpc) is 3.32. The van der Waals surface area contributed by atoms with Gasteiger partial charge >= 0.3 is 0 Å². The van der Waals surface area contributed by atoms with E-state index in [2.05, 4.69) is 80.9 Å². The van der Waals surface area contributed by atoms with E-state index in [1.165, 1.54) is 53.5 Å². The highest BCUT2D eigenvalue weighted by Crippen LogP contribution is 2.48. The predicted molar refractivity (Wildman–Crippen MR) is 127 cm³/mol. The summed E-state index contributed by atoms with van der Waals surface area (Å²) in [6, 6.07) is 15.8. The molecule has 1 unspecified atom stereocenters. The van der Waals surface area contributed by atoms with E-state index in [1.807, 2.05) is 6.08 Å². The van der Waals surface area contributed by atoms with Gasteiger partial charge in [-0.25, -0.2) is 0 Å². The second kappa shape index (κ2) is 7.87. The van der Waals surface area contributed by atoms with E-state index in [0.29, 0.717) is 12.1 Å². The van der Waals surface area contributed by atoms with Crippen LogP contribution in [0.3, 0.4) is 0 Å². The maximum atomic E-state index is 6.20. The lowest BCUT2D eigenvalue weighted by atomic mass is 10.1. The number of nitrogens with zero attached hydrogens (tertiary/aromatic N) is 1. The molecule has 0 spiro atoms. The fraction of sp³-hybridized carbons (Fsp3) is 0.385. The van der Waals surface area contributed by atoms with Gasteiger partial charge < -0.3 is 9.64 Å². The molecule has 0 N–H and O–H groups in total. The van der Waals surface area contributed by atoms with Crippen molar-refractivity contribution < 1.29 is 4.74 Å². The van der Waals surface area contributed by atoms with Gasteiger partial charge in [-0.3, -0.25) is 0 Å². The predicted octanol–water partition coefficient (Wildman–Crippen LogP) is 5.64. The lowest BCUT2D eigenvalue weighted by molar-refractivity contribution is 0.363. The average molecular weight is 404 g/mol. The topological polar surface area (TPSA) is 12.5 Å². The van der Waals surface area contributed by atoms with Crippen molar-refractivity contribution in [1.29, 1.82) is 0 Å². The third-order valence-corrected chi connectivity index (χ3v) is 10.7. The molecule has 2 aromatic rings. The first kappa shape index (κ1) is 20.0. The summed E-state index contributed by atoms with van der Waals surface area (Å²) in [5.74, 6) is 1.07. The first-order valence-corrected chi connectivity index (χ1v) is 13.9. The van der Waals surface area contributed by atoms with Crippen molar-refractivity contribution in [2.24, 2.45) is 0 Å². The van der Waals surface area contributed by atoms with Crippen molar-refractivity contribution in [3.8, 4) is 5.75 Å². The summed E-state index contributed by atoms with van der Waals surface area (Å²) in [6.07, 6.45) is 4.45. The minimum Gasteiger partial charge on any atom is -0.489 e. The first-order valence-electron chi connectivity index (χ1n) is 10.9. The standard InChI is InChI=1S/C26H33NOSi/c1-6-18-28-25-19(2)12-11-15-23(25)29(4,5)26-20(3)24(27-16-9-10-17-27)21-13-7-8-14-22(21)26/h6-8,11-15,26H,1,9-10,16-18H2,2-5H3. The summed E-state index contributed by atoms with van der Waals surface area (Å²) in [4.78, 5) is 2.63. The van der Waals surface area contributed by atoms with Crippen LogP contribution in [0.4, 0.5) is 0 Å². The molecule has 0 radical (unpaired) electrons. The van der Waals surface area contributed by atoms with Gasteiger partial charge in [-0.05, 0) is 48.6 Å². The Morgan fingerprint density at radius 2 is 1.79 bits per heavy atom. The van der Waals surface area contributed by atoms with Crippen molar-refractivity contribution in [3.63, 3.8) is 0 Å². The molecule has 2 aromatic carbocycles. The van der Waals surface area contributed by atoms with Crippen LogP contribution in [0.15, 0.2) is 60.7 Å². The fourth-order valence-electron chi connectivity index (χ4n) is 5.49. The third-order valence-electron chi connectivity index (χ3n) is 6.73. The Morgan fingerprint density at radius 1 is 1.07 bits per heavy atom. The number of aryl methyl sites for hydroxylation is 1. The van der Waals surface area contributed by atoms with Gasteiger partial charge in [0.25, 0.3) is 0 Å². The van der Waals surface area contributed by atoms with Crippen LogP contribution < -0.4 is 9.92 Å². The van der Waals surface area contributed by atoms with Gasteiger partial charge in [0.15, 0.2) is 0 Å². The molecule has 4 rings (SSSR count).